The Morgan fingerprint density at radius 2 is 2.04 bits per heavy atom. The zero-order valence-corrected chi connectivity index (χ0v) is 13.4. The number of aliphatic hydroxyl groups excluding tert-OH is 4. The van der Waals surface area contributed by atoms with Crippen LogP contribution in [0.15, 0.2) is 24.5 Å². The fraction of sp³-hybridized carbons (Fsp3) is 0.562. The van der Waals surface area contributed by atoms with Crippen molar-refractivity contribution in [2.75, 3.05) is 6.98 Å². The van der Waals surface area contributed by atoms with Gasteiger partial charge < -0.3 is 35.2 Å². The lowest BCUT2D eigenvalue weighted by Gasteiger charge is -2.35. The molecule has 1 aromatic rings. The summed E-state index contributed by atoms with van der Waals surface area (Å²) in [6, 6.07) is 1.95. The first-order valence-corrected chi connectivity index (χ1v) is 7.88. The molecule has 0 aromatic carbocycles. The fourth-order valence-electron chi connectivity index (χ4n) is 3.20. The molecule has 10 heteroatoms. The maximum Gasteiger partial charge on any atom is 0.335 e. The van der Waals surface area contributed by atoms with Crippen molar-refractivity contribution in [3.8, 4) is 0 Å². The van der Waals surface area contributed by atoms with Crippen LogP contribution >= 0.6 is 0 Å². The molecule has 1 aromatic heterocycles. The number of aromatic nitrogens is 1. The van der Waals surface area contributed by atoms with E-state index in [1.54, 1.807) is 0 Å². The summed E-state index contributed by atoms with van der Waals surface area (Å²) in [6.07, 6.45) is -7.50. The summed E-state index contributed by atoms with van der Waals surface area (Å²) >= 11 is 0. The van der Waals surface area contributed by atoms with Gasteiger partial charge in [0.05, 0.1) is 6.04 Å². The zero-order valence-electron chi connectivity index (χ0n) is 16.4. The van der Waals surface area contributed by atoms with Gasteiger partial charge in [0.1, 0.15) is 18.3 Å². The summed E-state index contributed by atoms with van der Waals surface area (Å²) in [5.74, 6) is -2.48. The molecule has 0 radical (unpaired) electrons. The first-order chi connectivity index (χ1) is 13.4. The number of likely N-dealkylation sites (N-methyl/N-ethyl adjacent to an activating group) is 1. The number of aliphatic carboxylic acids is 1. The minimum Gasteiger partial charge on any atom is -0.479 e. The topological polar surface area (TPSA) is 152 Å². The molecule has 2 fully saturated rings. The highest BCUT2D eigenvalue weighted by Gasteiger charge is 2.51. The van der Waals surface area contributed by atoms with Crippen molar-refractivity contribution in [2.24, 2.45) is 0 Å². The average Bonchev–Trinajstić information content (AvgIpc) is 2.95. The zero-order chi connectivity index (χ0) is 21.7. The van der Waals surface area contributed by atoms with Gasteiger partial charge in [0.2, 0.25) is 0 Å². The van der Waals surface area contributed by atoms with Gasteiger partial charge in [0.15, 0.2) is 24.6 Å². The van der Waals surface area contributed by atoms with E-state index in [0.717, 1.165) is 0 Å². The van der Waals surface area contributed by atoms with Crippen molar-refractivity contribution in [1.29, 1.82) is 0 Å². The Balaban J connectivity index is 1.95. The third-order valence-corrected chi connectivity index (χ3v) is 4.64. The number of carboxylic acids is 1. The standard InChI is InChI=1S/C16H20N2O8/c1-17-8(5-9(19)14(17)23)7-3-2-4-18(6-7)15-12(22)10(20)11(21)13(26-15)16(24)25/h2-4,6,8-13,15,19-22H,5H2,1H3/p+1/t8-,9+,10-,11-,12+,13-,15+/m0/s1/i1D3. The van der Waals surface area contributed by atoms with Crippen LogP contribution in [0.25, 0.3) is 0 Å². The van der Waals surface area contributed by atoms with Gasteiger partial charge in [-0.15, -0.1) is 0 Å². The Kier molecular flexibility index (Phi) is 3.98. The fourth-order valence-corrected chi connectivity index (χ4v) is 3.20. The highest BCUT2D eigenvalue weighted by atomic mass is 16.6. The number of nitrogens with zero attached hydrogens (tertiary/aromatic N) is 2. The number of hydrogen-bond donors (Lipinski definition) is 5. The normalized spacial score (nSPS) is 40.0. The molecule has 2 saturated heterocycles. The van der Waals surface area contributed by atoms with Crippen LogP contribution in [0.3, 0.4) is 0 Å². The summed E-state index contributed by atoms with van der Waals surface area (Å²) in [6.45, 7) is -2.80. The van der Waals surface area contributed by atoms with Crippen molar-refractivity contribution < 1.29 is 48.5 Å². The Labute approximate surface area is 152 Å². The Bertz CT molecular complexity index is 807. The third-order valence-electron chi connectivity index (χ3n) is 4.64. The van der Waals surface area contributed by atoms with Crippen LogP contribution in [-0.4, -0.2) is 79.8 Å². The van der Waals surface area contributed by atoms with Gasteiger partial charge in [-0.3, -0.25) is 4.79 Å². The quantitative estimate of drug-likeness (QED) is 0.360. The predicted molar refractivity (Wildman–Crippen MR) is 82.3 cm³/mol. The van der Waals surface area contributed by atoms with Crippen LogP contribution in [0.1, 0.15) is 28.4 Å². The van der Waals surface area contributed by atoms with Crippen LogP contribution in [0, 0.1) is 0 Å². The molecule has 1 amide bonds. The number of carbonyl (C=O) groups is 2. The first kappa shape index (κ1) is 15.0. The molecule has 0 aliphatic carbocycles. The molecule has 0 saturated carbocycles. The predicted octanol–water partition coefficient (Wildman–Crippen LogP) is -2.70. The minimum atomic E-state index is -2.80. The maximum atomic E-state index is 12.1. The number of likely N-dealkylation sites (tertiary alicyclic amines) is 1. The van der Waals surface area contributed by atoms with Crippen LogP contribution in [-0.2, 0) is 14.3 Å². The molecule has 10 nitrogen and oxygen atoms in total. The summed E-state index contributed by atoms with van der Waals surface area (Å²) in [4.78, 5) is 24.0. The molecule has 3 heterocycles. The van der Waals surface area contributed by atoms with E-state index in [1.807, 2.05) is 0 Å². The van der Waals surface area contributed by atoms with Crippen LogP contribution in [0.2, 0.25) is 0 Å². The third kappa shape index (κ3) is 3.06. The van der Waals surface area contributed by atoms with Gasteiger partial charge in [-0.25, -0.2) is 4.79 Å². The number of carboxylic acid groups (broad SMARTS) is 1. The van der Waals surface area contributed by atoms with Crippen molar-refractivity contribution in [2.45, 2.75) is 49.2 Å². The summed E-state index contributed by atoms with van der Waals surface area (Å²) < 4.78 is 29.1. The van der Waals surface area contributed by atoms with Crippen molar-refractivity contribution >= 4 is 11.9 Å². The molecule has 0 unspecified atom stereocenters. The Morgan fingerprint density at radius 1 is 1.31 bits per heavy atom. The molecule has 2 aliphatic rings. The van der Waals surface area contributed by atoms with E-state index in [2.05, 4.69) is 0 Å². The molecule has 26 heavy (non-hydrogen) atoms. The summed E-state index contributed by atoms with van der Waals surface area (Å²) in [7, 11) is 0. The van der Waals surface area contributed by atoms with Crippen molar-refractivity contribution in [3.63, 3.8) is 0 Å². The molecule has 142 valence electrons. The van der Waals surface area contributed by atoms with E-state index in [4.69, 9.17) is 14.0 Å². The van der Waals surface area contributed by atoms with Crippen LogP contribution in [0.5, 0.6) is 0 Å². The smallest absolute Gasteiger partial charge is 0.335 e. The number of ether oxygens (including phenoxy) is 1. The van der Waals surface area contributed by atoms with Gasteiger partial charge >= 0.3 is 5.97 Å². The largest absolute Gasteiger partial charge is 0.479 e. The Morgan fingerprint density at radius 3 is 2.69 bits per heavy atom. The van der Waals surface area contributed by atoms with Gasteiger partial charge in [0.25, 0.3) is 12.1 Å². The molecule has 0 bridgehead atoms. The van der Waals surface area contributed by atoms with E-state index in [-0.39, 0.29) is 12.0 Å². The number of aliphatic hydroxyl groups is 4. The van der Waals surface area contributed by atoms with E-state index < -0.39 is 61.6 Å². The molecule has 5 N–H and O–H groups in total. The monoisotopic (exact) mass is 372 g/mol. The lowest BCUT2D eigenvalue weighted by molar-refractivity contribution is -0.777. The molecular formula is C16H21N2O8+. The molecule has 3 rings (SSSR count). The van der Waals surface area contributed by atoms with Crippen molar-refractivity contribution in [1.82, 2.24) is 4.90 Å². The van der Waals surface area contributed by atoms with E-state index >= 15 is 0 Å². The van der Waals surface area contributed by atoms with Crippen LogP contribution in [0.4, 0.5) is 0 Å². The lowest BCUT2D eigenvalue weighted by atomic mass is 9.97. The number of pyridine rings is 1. The Hall–Kier alpha value is -2.11. The average molecular weight is 372 g/mol. The van der Waals surface area contributed by atoms with E-state index in [9.17, 15) is 30.0 Å². The van der Waals surface area contributed by atoms with Gasteiger partial charge in [0, 0.05) is 29.1 Å². The summed E-state index contributed by atoms with van der Waals surface area (Å²) in [5.41, 5.74) is 0.289. The molecule has 7 atom stereocenters. The molecule has 2 aliphatic heterocycles. The van der Waals surface area contributed by atoms with Gasteiger partial charge in [-0.2, -0.15) is 4.57 Å². The van der Waals surface area contributed by atoms with Crippen LogP contribution < -0.4 is 4.57 Å². The summed E-state index contributed by atoms with van der Waals surface area (Å²) in [5, 5.41) is 49.0. The number of carbonyl (C=O) groups excluding carboxylic acids is 1. The van der Waals surface area contributed by atoms with Gasteiger partial charge in [-0.1, -0.05) is 0 Å². The first-order valence-electron chi connectivity index (χ1n) is 9.38. The second-order valence-electron chi connectivity index (χ2n) is 6.32. The molecular weight excluding hydrogens is 348 g/mol. The lowest BCUT2D eigenvalue weighted by Crippen LogP contribution is -2.63. The van der Waals surface area contributed by atoms with E-state index in [1.165, 1.54) is 29.1 Å². The number of hydrogen-bond acceptors (Lipinski definition) is 7. The SMILES string of the molecule is [2H]C([2H])([2H])N1C(=O)[C@H](O)C[C@H]1c1ccc[n+]([C@@H]2O[C@H](C(=O)O)[C@@H](O)[C@H](O)[C@H]2O)c1. The highest BCUT2D eigenvalue weighted by molar-refractivity contribution is 5.83. The van der Waals surface area contributed by atoms with Gasteiger partial charge in [-0.05, 0) is 6.07 Å². The number of amides is 1. The number of rotatable bonds is 3. The highest BCUT2D eigenvalue weighted by Crippen LogP contribution is 2.31. The minimum absolute atomic E-state index is 0.172. The maximum absolute atomic E-state index is 12.1. The second kappa shape index (κ2) is 6.89. The van der Waals surface area contributed by atoms with Crippen molar-refractivity contribution in [3.05, 3.63) is 30.1 Å². The molecule has 0 spiro atoms. The van der Waals surface area contributed by atoms with E-state index in [0.29, 0.717) is 4.90 Å². The second-order valence-corrected chi connectivity index (χ2v) is 6.32.